The monoisotopic (exact) mass is 514 g/mol. The van der Waals surface area contributed by atoms with Crippen LogP contribution in [-0.2, 0) is 32.3 Å². The van der Waals surface area contributed by atoms with Gasteiger partial charge in [0.1, 0.15) is 24.9 Å². The normalized spacial score (nSPS) is 11.4. The Morgan fingerprint density at radius 1 is 1.03 bits per heavy atom. The number of amides is 3. The summed E-state index contributed by atoms with van der Waals surface area (Å²) >= 11 is 0. The molecule has 0 bridgehead atoms. The molecule has 1 aromatic carbocycles. The molecule has 2 rings (SSSR count). The Kier molecular flexibility index (Phi) is 11.8. The highest BCUT2D eigenvalue weighted by molar-refractivity contribution is 5.96. The number of aliphatic carboxylic acids is 1. The molecular formula is C26H34N4O7. The number of aromatic nitrogens is 1. The van der Waals surface area contributed by atoms with Crippen molar-refractivity contribution in [3.63, 3.8) is 0 Å². The van der Waals surface area contributed by atoms with E-state index < -0.39 is 36.0 Å². The topological polar surface area (TPSA) is 156 Å². The number of hydrogen-bond donors (Lipinski definition) is 4. The number of hydrogen-bond acceptors (Lipinski definition) is 6. The summed E-state index contributed by atoms with van der Waals surface area (Å²) < 4.78 is 6.28. The van der Waals surface area contributed by atoms with Crippen LogP contribution in [0, 0.1) is 5.92 Å². The number of ether oxygens (including phenoxy) is 1. The zero-order valence-electron chi connectivity index (χ0n) is 21.1. The third-order valence-electron chi connectivity index (χ3n) is 5.80. The van der Waals surface area contributed by atoms with Crippen molar-refractivity contribution in [3.05, 3.63) is 64.6 Å². The third kappa shape index (κ3) is 10.2. The van der Waals surface area contributed by atoms with E-state index in [0.717, 1.165) is 23.0 Å². The van der Waals surface area contributed by atoms with Crippen LogP contribution in [0.15, 0.2) is 53.5 Å². The minimum Gasteiger partial charge on any atom is -0.481 e. The zero-order chi connectivity index (χ0) is 27.2. The molecule has 1 aromatic heterocycles. The molecule has 4 N–H and O–H groups in total. The molecule has 0 aliphatic carbocycles. The Bertz CT molecular complexity index is 1110. The molecule has 0 saturated heterocycles. The Morgan fingerprint density at radius 3 is 2.38 bits per heavy atom. The number of carbonyl (C=O) groups excluding carboxylic acids is 3. The lowest BCUT2D eigenvalue weighted by molar-refractivity contribution is -0.137. The lowest BCUT2D eigenvalue weighted by Gasteiger charge is -2.18. The predicted octanol–water partition coefficient (Wildman–Crippen LogP) is 2.50. The third-order valence-corrected chi connectivity index (χ3v) is 5.80. The number of anilines is 1. The summed E-state index contributed by atoms with van der Waals surface area (Å²) in [5.74, 6) is -1.93. The molecular weight excluding hydrogens is 480 g/mol. The van der Waals surface area contributed by atoms with Crippen molar-refractivity contribution < 1.29 is 29.0 Å². The van der Waals surface area contributed by atoms with Crippen LogP contribution in [0.5, 0.6) is 0 Å². The van der Waals surface area contributed by atoms with Crippen molar-refractivity contribution in [2.75, 3.05) is 11.9 Å². The van der Waals surface area contributed by atoms with Crippen molar-refractivity contribution in [3.8, 4) is 0 Å². The van der Waals surface area contributed by atoms with Crippen LogP contribution < -0.4 is 21.5 Å². The lowest BCUT2D eigenvalue weighted by Crippen LogP contribution is -2.45. The zero-order valence-corrected chi connectivity index (χ0v) is 21.1. The van der Waals surface area contributed by atoms with E-state index in [-0.39, 0.29) is 31.2 Å². The van der Waals surface area contributed by atoms with Crippen LogP contribution in [0.1, 0.15) is 45.1 Å². The van der Waals surface area contributed by atoms with E-state index in [1.807, 2.05) is 19.9 Å². The van der Waals surface area contributed by atoms with Crippen LogP contribution in [0.2, 0.25) is 0 Å². The molecule has 1 unspecified atom stereocenters. The maximum atomic E-state index is 12.9. The van der Waals surface area contributed by atoms with Crippen molar-refractivity contribution >= 4 is 29.6 Å². The molecule has 0 spiro atoms. The number of nitrogens with zero attached hydrogens (tertiary/aromatic N) is 1. The Hall–Kier alpha value is -4.15. The van der Waals surface area contributed by atoms with E-state index >= 15 is 0 Å². The van der Waals surface area contributed by atoms with Crippen molar-refractivity contribution in [1.29, 1.82) is 0 Å². The molecule has 0 fully saturated rings. The van der Waals surface area contributed by atoms with Gasteiger partial charge in [0.2, 0.25) is 11.8 Å². The van der Waals surface area contributed by atoms with Crippen LogP contribution in [0.3, 0.4) is 0 Å². The van der Waals surface area contributed by atoms with E-state index in [1.54, 1.807) is 24.3 Å². The second-order valence-electron chi connectivity index (χ2n) is 8.52. The summed E-state index contributed by atoms with van der Waals surface area (Å²) in [6, 6.07) is 10.5. The molecule has 1 atom stereocenters. The van der Waals surface area contributed by atoms with E-state index in [2.05, 4.69) is 16.0 Å². The van der Waals surface area contributed by atoms with Gasteiger partial charge < -0.3 is 30.4 Å². The number of carboxylic acids is 1. The maximum Gasteiger partial charge on any atom is 0.408 e. The average molecular weight is 515 g/mol. The Morgan fingerprint density at radius 2 is 1.73 bits per heavy atom. The van der Waals surface area contributed by atoms with Gasteiger partial charge in [0, 0.05) is 19.2 Å². The minimum atomic E-state index is -1.27. The maximum absolute atomic E-state index is 12.9. The molecule has 3 amide bonds. The Balaban J connectivity index is 2.04. The Labute approximate surface area is 215 Å². The molecule has 0 saturated carbocycles. The van der Waals surface area contributed by atoms with Gasteiger partial charge in [-0.3, -0.25) is 19.2 Å². The largest absolute Gasteiger partial charge is 0.481 e. The van der Waals surface area contributed by atoms with Crippen LogP contribution in [0.4, 0.5) is 10.5 Å². The van der Waals surface area contributed by atoms with Crippen molar-refractivity contribution in [1.82, 2.24) is 15.2 Å². The van der Waals surface area contributed by atoms with Gasteiger partial charge in [-0.05, 0) is 30.0 Å². The number of alkyl carbamates (subject to hydrolysis) is 1. The SMILES string of the molecule is CCC(CC)CNC(=O)Cn1cccc(NC(=O)C(CCC(=O)O)NC(=O)OCc2ccccc2)c1=O. The summed E-state index contributed by atoms with van der Waals surface area (Å²) in [5, 5.41) is 16.6. The van der Waals surface area contributed by atoms with Crippen molar-refractivity contribution in [2.24, 2.45) is 5.92 Å². The van der Waals surface area contributed by atoms with Gasteiger partial charge in [-0.2, -0.15) is 0 Å². The number of benzene rings is 1. The minimum absolute atomic E-state index is 0.0390. The number of carbonyl (C=O) groups is 4. The first-order valence-electron chi connectivity index (χ1n) is 12.2. The smallest absolute Gasteiger partial charge is 0.408 e. The first-order chi connectivity index (χ1) is 17.7. The number of rotatable bonds is 14. The van der Waals surface area contributed by atoms with Gasteiger partial charge in [-0.1, -0.05) is 57.0 Å². The fourth-order valence-electron chi connectivity index (χ4n) is 3.47. The summed E-state index contributed by atoms with van der Waals surface area (Å²) in [7, 11) is 0. The lowest BCUT2D eigenvalue weighted by atomic mass is 10.0. The van der Waals surface area contributed by atoms with Gasteiger partial charge >= 0.3 is 12.1 Å². The molecule has 11 nitrogen and oxygen atoms in total. The molecule has 0 radical (unpaired) electrons. The summed E-state index contributed by atoms with van der Waals surface area (Å²) in [6.07, 6.45) is 1.75. The highest BCUT2D eigenvalue weighted by Gasteiger charge is 2.24. The van der Waals surface area contributed by atoms with E-state index in [4.69, 9.17) is 9.84 Å². The fraction of sp³-hybridized carbons (Fsp3) is 0.423. The van der Waals surface area contributed by atoms with Crippen LogP contribution >= 0.6 is 0 Å². The number of pyridine rings is 1. The van der Waals surface area contributed by atoms with Gasteiger partial charge in [0.25, 0.3) is 5.56 Å². The molecule has 11 heteroatoms. The molecule has 2 aromatic rings. The van der Waals surface area contributed by atoms with Gasteiger partial charge in [-0.25, -0.2) is 4.79 Å². The van der Waals surface area contributed by atoms with Crippen LogP contribution in [0.25, 0.3) is 0 Å². The molecule has 0 aliphatic heterocycles. The second-order valence-corrected chi connectivity index (χ2v) is 8.52. The number of nitrogens with one attached hydrogen (secondary N) is 3. The molecule has 200 valence electrons. The second kappa shape index (κ2) is 15.1. The summed E-state index contributed by atoms with van der Waals surface area (Å²) in [5.41, 5.74) is 0.00946. The average Bonchev–Trinajstić information content (AvgIpc) is 2.88. The summed E-state index contributed by atoms with van der Waals surface area (Å²) in [6.45, 7) is 4.32. The van der Waals surface area contributed by atoms with Gasteiger partial charge in [-0.15, -0.1) is 0 Å². The van der Waals surface area contributed by atoms with E-state index in [1.165, 1.54) is 18.3 Å². The van der Waals surface area contributed by atoms with E-state index in [0.29, 0.717) is 12.5 Å². The predicted molar refractivity (Wildman–Crippen MR) is 137 cm³/mol. The quantitative estimate of drug-likeness (QED) is 0.302. The highest BCUT2D eigenvalue weighted by atomic mass is 16.5. The molecule has 37 heavy (non-hydrogen) atoms. The first kappa shape index (κ1) is 29.1. The fourth-order valence-corrected chi connectivity index (χ4v) is 3.47. The van der Waals surface area contributed by atoms with Gasteiger partial charge in [0.05, 0.1) is 0 Å². The highest BCUT2D eigenvalue weighted by Crippen LogP contribution is 2.07. The van der Waals surface area contributed by atoms with Crippen LogP contribution in [-0.4, -0.2) is 46.1 Å². The summed E-state index contributed by atoms with van der Waals surface area (Å²) in [4.78, 5) is 61.3. The molecule has 1 heterocycles. The van der Waals surface area contributed by atoms with Gasteiger partial charge in [0.15, 0.2) is 0 Å². The van der Waals surface area contributed by atoms with E-state index in [9.17, 15) is 24.0 Å². The van der Waals surface area contributed by atoms with Crippen molar-refractivity contribution in [2.45, 2.75) is 58.7 Å². The molecule has 0 aliphatic rings. The standard InChI is InChI=1S/C26H34N4O7/c1-3-18(4-2)15-27-22(31)16-30-14-8-11-21(25(30)35)28-24(34)20(12-13-23(32)33)29-26(36)37-17-19-9-6-5-7-10-19/h5-11,14,18,20H,3-4,12-13,15-17H2,1-2H3,(H,27,31)(H,28,34)(H,29,36)(H,32,33). The first-order valence-corrected chi connectivity index (χ1v) is 12.2. The number of carboxylic acid groups (broad SMARTS) is 1.